The van der Waals surface area contributed by atoms with Crippen molar-refractivity contribution in [1.82, 2.24) is 9.38 Å². The van der Waals surface area contributed by atoms with Crippen molar-refractivity contribution in [1.29, 1.82) is 0 Å². The Hall–Kier alpha value is -2.14. The molecule has 0 atom stereocenters. The van der Waals surface area contributed by atoms with E-state index in [4.69, 9.17) is 4.74 Å². The molecule has 0 saturated heterocycles. The van der Waals surface area contributed by atoms with Crippen LogP contribution in [0.2, 0.25) is 0 Å². The van der Waals surface area contributed by atoms with Crippen LogP contribution in [0.15, 0.2) is 36.7 Å². The first-order valence-electron chi connectivity index (χ1n) is 5.82. The predicted molar refractivity (Wildman–Crippen MR) is 74.6 cm³/mol. The number of aromatic nitrogens is 2. The Morgan fingerprint density at radius 1 is 1.37 bits per heavy atom. The molecule has 0 saturated carbocycles. The first-order valence-corrected chi connectivity index (χ1v) is 6.63. The molecule has 4 nitrogen and oxygen atoms in total. The number of carbonyl (C=O) groups excluding carboxylic acids is 1. The van der Waals surface area contributed by atoms with Crippen LogP contribution in [-0.2, 0) is 4.74 Å². The molecule has 19 heavy (non-hydrogen) atoms. The van der Waals surface area contributed by atoms with Crippen LogP contribution in [0.4, 0.5) is 0 Å². The summed E-state index contributed by atoms with van der Waals surface area (Å²) in [5, 5.41) is 0. The third-order valence-corrected chi connectivity index (χ3v) is 3.90. The van der Waals surface area contributed by atoms with Crippen molar-refractivity contribution in [2.75, 3.05) is 7.11 Å². The van der Waals surface area contributed by atoms with E-state index < -0.39 is 0 Å². The Labute approximate surface area is 114 Å². The quantitative estimate of drug-likeness (QED) is 0.673. The number of aryl methyl sites for hydroxylation is 1. The predicted octanol–water partition coefficient (Wildman–Crippen LogP) is 3.16. The number of rotatable bonds is 2. The Kier molecular flexibility index (Phi) is 2.83. The molecule has 0 aromatic carbocycles. The molecule has 0 aliphatic heterocycles. The second-order valence-corrected chi connectivity index (χ2v) is 5.47. The van der Waals surface area contributed by atoms with E-state index in [0.717, 1.165) is 10.6 Å². The molecule has 96 valence electrons. The number of hydrogen-bond donors (Lipinski definition) is 0. The highest BCUT2D eigenvalue weighted by Gasteiger charge is 2.14. The van der Waals surface area contributed by atoms with Crippen molar-refractivity contribution in [3.8, 4) is 10.6 Å². The number of imidazole rings is 1. The number of nitrogens with zero attached hydrogens (tertiary/aromatic N) is 2. The minimum Gasteiger partial charge on any atom is -0.465 e. The monoisotopic (exact) mass is 272 g/mol. The molecule has 0 aliphatic carbocycles. The molecule has 0 bridgehead atoms. The fraction of sp³-hybridized carbons (Fsp3) is 0.143. The largest absolute Gasteiger partial charge is 0.465 e. The van der Waals surface area contributed by atoms with Gasteiger partial charge in [0.1, 0.15) is 5.56 Å². The van der Waals surface area contributed by atoms with Gasteiger partial charge in [0.15, 0.2) is 5.65 Å². The maximum absolute atomic E-state index is 11.7. The second-order valence-electron chi connectivity index (χ2n) is 4.18. The number of methoxy groups -OCH3 is 1. The molecule has 3 aromatic rings. The maximum Gasteiger partial charge on any atom is 0.341 e. The molecule has 0 radical (unpaired) electrons. The van der Waals surface area contributed by atoms with Crippen LogP contribution in [0.1, 0.15) is 15.2 Å². The highest BCUT2D eigenvalue weighted by molar-refractivity contribution is 7.15. The van der Waals surface area contributed by atoms with E-state index >= 15 is 0 Å². The van der Waals surface area contributed by atoms with E-state index in [1.807, 2.05) is 28.9 Å². The van der Waals surface area contributed by atoms with Gasteiger partial charge in [-0.15, -0.1) is 11.3 Å². The van der Waals surface area contributed by atoms with Gasteiger partial charge in [-0.1, -0.05) is 0 Å². The molecule has 3 rings (SSSR count). The fourth-order valence-electron chi connectivity index (χ4n) is 1.97. The first-order chi connectivity index (χ1) is 9.19. The Bertz CT molecular complexity index is 758. The zero-order valence-corrected chi connectivity index (χ0v) is 11.4. The van der Waals surface area contributed by atoms with E-state index in [2.05, 4.69) is 18.0 Å². The Balaban J connectivity index is 2.18. The van der Waals surface area contributed by atoms with Gasteiger partial charge in [-0.2, -0.15) is 0 Å². The first kappa shape index (κ1) is 11.9. The van der Waals surface area contributed by atoms with Gasteiger partial charge in [0.05, 0.1) is 17.7 Å². The summed E-state index contributed by atoms with van der Waals surface area (Å²) in [5.41, 5.74) is 1.97. The van der Waals surface area contributed by atoms with Gasteiger partial charge in [-0.3, -0.25) is 0 Å². The van der Waals surface area contributed by atoms with E-state index in [-0.39, 0.29) is 5.97 Å². The Morgan fingerprint density at radius 3 is 2.89 bits per heavy atom. The summed E-state index contributed by atoms with van der Waals surface area (Å²) in [6.45, 7) is 2.06. The number of esters is 1. The van der Waals surface area contributed by atoms with Crippen molar-refractivity contribution in [3.63, 3.8) is 0 Å². The van der Waals surface area contributed by atoms with Crippen LogP contribution in [-0.4, -0.2) is 22.5 Å². The number of fused-ring (bicyclic) bond motifs is 1. The normalized spacial score (nSPS) is 10.8. The second kappa shape index (κ2) is 4.51. The van der Waals surface area contributed by atoms with Crippen molar-refractivity contribution >= 4 is 23.0 Å². The molecule has 3 aromatic heterocycles. The molecule has 0 amide bonds. The van der Waals surface area contributed by atoms with Gasteiger partial charge in [0, 0.05) is 17.3 Å². The van der Waals surface area contributed by atoms with Crippen molar-refractivity contribution in [2.24, 2.45) is 0 Å². The zero-order valence-electron chi connectivity index (χ0n) is 10.6. The van der Waals surface area contributed by atoms with Crippen LogP contribution in [0, 0.1) is 6.92 Å². The molecule has 3 heterocycles. The minimum absolute atomic E-state index is 0.370. The van der Waals surface area contributed by atoms with Crippen molar-refractivity contribution in [2.45, 2.75) is 6.92 Å². The third kappa shape index (κ3) is 2.02. The SMILES string of the molecule is COC(=O)c1cccn2cc(-c3ccc(C)s3)nc12. The molecule has 0 spiro atoms. The summed E-state index contributed by atoms with van der Waals surface area (Å²) in [5.74, 6) is -0.370. The van der Waals surface area contributed by atoms with E-state index in [1.54, 1.807) is 17.4 Å². The van der Waals surface area contributed by atoms with Gasteiger partial charge in [0.25, 0.3) is 0 Å². The summed E-state index contributed by atoms with van der Waals surface area (Å²) >= 11 is 1.68. The average Bonchev–Trinajstić information content (AvgIpc) is 3.02. The molecule has 0 fully saturated rings. The average molecular weight is 272 g/mol. The lowest BCUT2D eigenvalue weighted by molar-refractivity contribution is 0.0602. The van der Waals surface area contributed by atoms with Crippen LogP contribution in [0.5, 0.6) is 0 Å². The molecular formula is C14H12N2O2S. The van der Waals surface area contributed by atoms with Gasteiger partial charge in [0.2, 0.25) is 0 Å². The lowest BCUT2D eigenvalue weighted by Crippen LogP contribution is -2.03. The van der Waals surface area contributed by atoms with Crippen LogP contribution in [0.3, 0.4) is 0 Å². The van der Waals surface area contributed by atoms with Crippen LogP contribution < -0.4 is 0 Å². The van der Waals surface area contributed by atoms with Crippen LogP contribution in [0.25, 0.3) is 16.2 Å². The van der Waals surface area contributed by atoms with Crippen molar-refractivity contribution in [3.05, 3.63) is 47.1 Å². The number of thiophene rings is 1. The third-order valence-electron chi connectivity index (χ3n) is 2.88. The highest BCUT2D eigenvalue weighted by atomic mass is 32.1. The molecular weight excluding hydrogens is 260 g/mol. The standard InChI is InChI=1S/C14H12N2O2S/c1-9-5-6-12(19-9)11-8-16-7-3-4-10(13(16)15-11)14(17)18-2/h3-8H,1-2H3. The van der Waals surface area contributed by atoms with E-state index in [1.165, 1.54) is 12.0 Å². The lowest BCUT2D eigenvalue weighted by atomic mass is 10.3. The molecule has 0 N–H and O–H groups in total. The van der Waals surface area contributed by atoms with Gasteiger partial charge in [-0.05, 0) is 31.2 Å². The van der Waals surface area contributed by atoms with Gasteiger partial charge >= 0.3 is 5.97 Å². The van der Waals surface area contributed by atoms with Crippen molar-refractivity contribution < 1.29 is 9.53 Å². The van der Waals surface area contributed by atoms with Gasteiger partial charge < -0.3 is 9.14 Å². The number of pyridine rings is 1. The summed E-state index contributed by atoms with van der Waals surface area (Å²) < 4.78 is 6.62. The number of hydrogen-bond acceptors (Lipinski definition) is 4. The molecule has 0 aliphatic rings. The summed E-state index contributed by atoms with van der Waals surface area (Å²) in [6, 6.07) is 7.63. The summed E-state index contributed by atoms with van der Waals surface area (Å²) in [4.78, 5) is 18.6. The number of carbonyl (C=O) groups is 1. The highest BCUT2D eigenvalue weighted by Crippen LogP contribution is 2.27. The number of ether oxygens (including phenoxy) is 1. The zero-order chi connectivity index (χ0) is 13.4. The van der Waals surface area contributed by atoms with E-state index in [0.29, 0.717) is 11.2 Å². The molecule has 5 heteroatoms. The lowest BCUT2D eigenvalue weighted by Gasteiger charge is -2.00. The minimum atomic E-state index is -0.370. The summed E-state index contributed by atoms with van der Waals surface area (Å²) in [7, 11) is 1.37. The fourth-order valence-corrected chi connectivity index (χ4v) is 2.80. The van der Waals surface area contributed by atoms with Crippen LogP contribution >= 0.6 is 11.3 Å². The van der Waals surface area contributed by atoms with E-state index in [9.17, 15) is 4.79 Å². The Morgan fingerprint density at radius 2 is 2.21 bits per heavy atom. The van der Waals surface area contributed by atoms with Gasteiger partial charge in [-0.25, -0.2) is 9.78 Å². The topological polar surface area (TPSA) is 43.6 Å². The maximum atomic E-state index is 11.7. The smallest absolute Gasteiger partial charge is 0.341 e. The molecule has 0 unspecified atom stereocenters. The summed E-state index contributed by atoms with van der Waals surface area (Å²) in [6.07, 6.45) is 3.80.